The number of halogens is 3. The van der Waals surface area contributed by atoms with Crippen LogP contribution < -0.4 is 10.6 Å². The maximum atomic E-state index is 12.7. The number of alkyl halides is 3. The second kappa shape index (κ2) is 7.86. The Balaban J connectivity index is 3.29. The smallest absolute Gasteiger partial charge is 0.395 e. The first kappa shape index (κ1) is 18.1. The van der Waals surface area contributed by atoms with Crippen LogP contribution in [-0.4, -0.2) is 41.7 Å². The maximum Gasteiger partial charge on any atom is 0.405 e. The Hall–Kier alpha value is -0.990. The van der Waals surface area contributed by atoms with Gasteiger partial charge in [0, 0.05) is 22.7 Å². The quantitative estimate of drug-likeness (QED) is 0.591. The first-order valence-electron chi connectivity index (χ1n) is 6.28. The fourth-order valence-electron chi connectivity index (χ4n) is 1.93. The average Bonchev–Trinajstić information content (AvgIpc) is 2.36. The lowest BCUT2D eigenvalue weighted by molar-refractivity contribution is -0.119. The number of anilines is 1. The van der Waals surface area contributed by atoms with Crippen molar-refractivity contribution in [3.8, 4) is 0 Å². The molecule has 0 atom stereocenters. The van der Waals surface area contributed by atoms with E-state index in [2.05, 4.69) is 0 Å². The van der Waals surface area contributed by atoms with E-state index < -0.39 is 19.3 Å². The molecule has 0 aromatic heterocycles. The molecule has 0 spiro atoms. The molecule has 21 heavy (non-hydrogen) atoms. The Morgan fingerprint density at radius 3 is 2.57 bits per heavy atom. The molecule has 1 aromatic carbocycles. The predicted octanol–water partition coefficient (Wildman–Crippen LogP) is 2.79. The van der Waals surface area contributed by atoms with Crippen molar-refractivity contribution in [2.75, 3.05) is 30.3 Å². The van der Waals surface area contributed by atoms with Gasteiger partial charge < -0.3 is 15.7 Å². The van der Waals surface area contributed by atoms with Crippen LogP contribution in [0.4, 0.5) is 18.9 Å². The lowest BCUT2D eigenvalue weighted by Crippen LogP contribution is -2.37. The van der Waals surface area contributed by atoms with E-state index in [0.717, 1.165) is 15.5 Å². The van der Waals surface area contributed by atoms with Gasteiger partial charge in [0.15, 0.2) is 0 Å². The van der Waals surface area contributed by atoms with Gasteiger partial charge in [0.25, 0.3) is 0 Å². The normalized spacial score (nSPS) is 11.5. The van der Waals surface area contributed by atoms with Gasteiger partial charge in [0.1, 0.15) is 11.5 Å². The molecular formula is C13H17F3N2OS2. The summed E-state index contributed by atoms with van der Waals surface area (Å²) < 4.78 is 38.1. The molecule has 0 aliphatic carbocycles. The second-order valence-corrected chi connectivity index (χ2v) is 5.95. The van der Waals surface area contributed by atoms with E-state index in [0.29, 0.717) is 11.3 Å². The van der Waals surface area contributed by atoms with Gasteiger partial charge in [-0.05, 0) is 17.9 Å². The van der Waals surface area contributed by atoms with E-state index in [9.17, 15) is 13.2 Å². The van der Waals surface area contributed by atoms with Crippen molar-refractivity contribution in [2.45, 2.75) is 18.0 Å². The summed E-state index contributed by atoms with van der Waals surface area (Å²) in [5.74, 6) is 0.748. The fourth-order valence-corrected chi connectivity index (χ4v) is 3.05. The molecule has 0 bridgehead atoms. The lowest BCUT2D eigenvalue weighted by Gasteiger charge is -2.28. The van der Waals surface area contributed by atoms with Gasteiger partial charge in [-0.1, -0.05) is 25.2 Å². The maximum absolute atomic E-state index is 12.7. The molecular weight excluding hydrogens is 321 g/mol. The number of thioether (sulfide) groups is 1. The molecule has 0 fully saturated rings. The van der Waals surface area contributed by atoms with Crippen LogP contribution in [-0.2, 0) is 0 Å². The van der Waals surface area contributed by atoms with E-state index >= 15 is 0 Å². The van der Waals surface area contributed by atoms with Gasteiger partial charge in [-0.2, -0.15) is 13.2 Å². The van der Waals surface area contributed by atoms with Crippen LogP contribution in [0, 0.1) is 0 Å². The van der Waals surface area contributed by atoms with Gasteiger partial charge in [-0.25, -0.2) is 0 Å². The molecule has 0 saturated carbocycles. The molecule has 0 amide bonds. The molecule has 1 aromatic rings. The zero-order valence-electron chi connectivity index (χ0n) is 11.5. The molecule has 0 radical (unpaired) electrons. The van der Waals surface area contributed by atoms with Crippen molar-refractivity contribution in [2.24, 2.45) is 5.73 Å². The van der Waals surface area contributed by atoms with E-state index in [-0.39, 0.29) is 11.5 Å². The third kappa shape index (κ3) is 5.37. The van der Waals surface area contributed by atoms with Crippen molar-refractivity contribution in [3.05, 3.63) is 23.8 Å². The number of nitrogens with zero attached hydrogens (tertiary/aromatic N) is 1. The van der Waals surface area contributed by atoms with E-state index in [1.54, 1.807) is 12.1 Å². The van der Waals surface area contributed by atoms with Crippen LogP contribution in [0.1, 0.15) is 12.5 Å². The van der Waals surface area contributed by atoms with Crippen LogP contribution in [0.5, 0.6) is 0 Å². The largest absolute Gasteiger partial charge is 0.405 e. The van der Waals surface area contributed by atoms with Gasteiger partial charge in [0.2, 0.25) is 0 Å². The van der Waals surface area contributed by atoms with Crippen molar-refractivity contribution in [1.82, 2.24) is 0 Å². The van der Waals surface area contributed by atoms with Crippen LogP contribution >= 0.6 is 24.0 Å². The zero-order chi connectivity index (χ0) is 16.0. The van der Waals surface area contributed by atoms with Crippen LogP contribution in [0.25, 0.3) is 0 Å². The van der Waals surface area contributed by atoms with Gasteiger partial charge in [0.05, 0.1) is 6.61 Å². The molecule has 118 valence electrons. The number of rotatable bonds is 7. The summed E-state index contributed by atoms with van der Waals surface area (Å²) in [5.41, 5.74) is 6.42. The molecule has 0 aliphatic heterocycles. The van der Waals surface area contributed by atoms with Gasteiger partial charge in [-0.15, -0.1) is 11.8 Å². The summed E-state index contributed by atoms with van der Waals surface area (Å²) in [5, 5.41) is 9.02. The molecule has 3 N–H and O–H groups in total. The lowest BCUT2D eigenvalue weighted by atomic mass is 10.1. The molecule has 1 rings (SSSR count). The molecule has 0 aliphatic rings. The summed E-state index contributed by atoms with van der Waals surface area (Å²) in [6.45, 7) is 0.235. The molecule has 0 heterocycles. The highest BCUT2D eigenvalue weighted by atomic mass is 32.2. The topological polar surface area (TPSA) is 49.5 Å². The number of aliphatic hydroxyl groups is 1. The standard InChI is InChI=1S/C13H17F3N2OS2/c1-2-21-10-5-3-4-9(11(10)12(17)20)18(6-7-19)8-13(14,15)16/h3-5,19H,2,6-8H2,1H3,(H2,17,20). The summed E-state index contributed by atoms with van der Waals surface area (Å²) in [6, 6.07) is 4.97. The Kier molecular flexibility index (Phi) is 6.76. The number of aliphatic hydroxyl groups excluding tert-OH is 1. The third-order valence-corrected chi connectivity index (χ3v) is 3.78. The van der Waals surface area contributed by atoms with Gasteiger partial charge >= 0.3 is 6.18 Å². The fraction of sp³-hybridized carbons (Fsp3) is 0.462. The summed E-state index contributed by atoms with van der Waals surface area (Å²) >= 11 is 6.45. The van der Waals surface area contributed by atoms with Crippen LogP contribution in [0.15, 0.2) is 23.1 Å². The van der Waals surface area contributed by atoms with Gasteiger partial charge in [-0.3, -0.25) is 0 Å². The molecule has 0 unspecified atom stereocenters. The Morgan fingerprint density at radius 1 is 1.43 bits per heavy atom. The number of thiocarbonyl (C=S) groups is 1. The highest BCUT2D eigenvalue weighted by molar-refractivity contribution is 7.99. The Labute approximate surface area is 131 Å². The summed E-state index contributed by atoms with van der Waals surface area (Å²) in [7, 11) is 0. The van der Waals surface area contributed by atoms with Crippen LogP contribution in [0.3, 0.4) is 0 Å². The van der Waals surface area contributed by atoms with Crippen molar-refractivity contribution in [3.63, 3.8) is 0 Å². The highest BCUT2D eigenvalue weighted by Gasteiger charge is 2.32. The highest BCUT2D eigenvalue weighted by Crippen LogP contribution is 2.32. The minimum Gasteiger partial charge on any atom is -0.395 e. The first-order valence-corrected chi connectivity index (χ1v) is 7.67. The van der Waals surface area contributed by atoms with E-state index in [1.807, 2.05) is 6.92 Å². The molecule has 0 saturated heterocycles. The number of hydrogen-bond acceptors (Lipinski definition) is 4. The minimum absolute atomic E-state index is 0.0478. The number of hydrogen-bond donors (Lipinski definition) is 2. The monoisotopic (exact) mass is 338 g/mol. The van der Waals surface area contributed by atoms with Crippen molar-refractivity contribution >= 4 is 34.7 Å². The Morgan fingerprint density at radius 2 is 2.10 bits per heavy atom. The SMILES string of the molecule is CCSc1cccc(N(CCO)CC(F)(F)F)c1C(N)=S. The summed E-state index contributed by atoms with van der Waals surface area (Å²) in [6.07, 6.45) is -4.38. The average molecular weight is 338 g/mol. The second-order valence-electron chi connectivity index (χ2n) is 4.21. The van der Waals surface area contributed by atoms with Crippen molar-refractivity contribution < 1.29 is 18.3 Å². The number of benzene rings is 1. The summed E-state index contributed by atoms with van der Waals surface area (Å²) in [4.78, 5) is 1.84. The molecule has 3 nitrogen and oxygen atoms in total. The third-order valence-electron chi connectivity index (χ3n) is 2.63. The Bertz CT molecular complexity index is 495. The predicted molar refractivity (Wildman–Crippen MR) is 84.1 cm³/mol. The van der Waals surface area contributed by atoms with Crippen molar-refractivity contribution in [1.29, 1.82) is 0 Å². The van der Waals surface area contributed by atoms with Crippen LogP contribution in [0.2, 0.25) is 0 Å². The molecule has 8 heteroatoms. The zero-order valence-corrected chi connectivity index (χ0v) is 13.1. The van der Waals surface area contributed by atoms with E-state index in [1.165, 1.54) is 17.8 Å². The first-order chi connectivity index (χ1) is 9.80. The van der Waals surface area contributed by atoms with E-state index in [4.69, 9.17) is 23.1 Å². The minimum atomic E-state index is -4.38. The number of nitrogens with two attached hydrogens (primary N) is 1.